The van der Waals surface area contributed by atoms with Crippen LogP contribution in [-0.4, -0.2) is 23.9 Å². The third-order valence-electron chi connectivity index (χ3n) is 3.56. The third-order valence-corrected chi connectivity index (χ3v) is 5.02. The Balaban J connectivity index is 1.68. The highest BCUT2D eigenvalue weighted by Crippen LogP contribution is 2.29. The summed E-state index contributed by atoms with van der Waals surface area (Å²) >= 11 is 9.48. The van der Waals surface area contributed by atoms with E-state index >= 15 is 0 Å². The summed E-state index contributed by atoms with van der Waals surface area (Å²) in [5.41, 5.74) is 0. The van der Waals surface area contributed by atoms with Crippen molar-refractivity contribution in [2.75, 3.05) is 13.2 Å². The van der Waals surface area contributed by atoms with Gasteiger partial charge in [0.25, 0.3) is 5.91 Å². The van der Waals surface area contributed by atoms with E-state index < -0.39 is 0 Å². The lowest BCUT2D eigenvalue weighted by atomic mass is 9.89. The van der Waals surface area contributed by atoms with Gasteiger partial charge in [0.05, 0.1) is 0 Å². The first-order chi connectivity index (χ1) is 9.65. The second-order valence-corrected chi connectivity index (χ2v) is 6.72. The van der Waals surface area contributed by atoms with Gasteiger partial charge in [0, 0.05) is 16.4 Å². The number of alkyl halides is 1. The molecule has 0 radical (unpaired) electrons. The minimum atomic E-state index is -0.0785. The Morgan fingerprint density at radius 2 is 2.00 bits per heavy atom. The molecule has 20 heavy (non-hydrogen) atoms. The molecule has 1 saturated carbocycles. The average molecular weight is 361 g/mol. The zero-order valence-corrected chi connectivity index (χ0v) is 13.6. The van der Waals surface area contributed by atoms with E-state index in [2.05, 4.69) is 21.2 Å². The number of benzene rings is 1. The lowest BCUT2D eigenvalue weighted by Gasteiger charge is -2.27. The highest BCUT2D eigenvalue weighted by atomic mass is 79.9. The van der Waals surface area contributed by atoms with Gasteiger partial charge in [0.2, 0.25) is 0 Å². The van der Waals surface area contributed by atoms with Crippen LogP contribution in [0.15, 0.2) is 24.3 Å². The van der Waals surface area contributed by atoms with E-state index in [4.69, 9.17) is 16.3 Å². The number of ether oxygens (including phenoxy) is 1. The minimum absolute atomic E-state index is 0.0430. The molecule has 0 spiro atoms. The Bertz CT molecular complexity index is 438. The summed E-state index contributed by atoms with van der Waals surface area (Å²) in [4.78, 5) is 12.3. The zero-order chi connectivity index (χ0) is 14.4. The Morgan fingerprint density at radius 3 is 2.70 bits per heavy atom. The molecule has 1 aromatic rings. The molecular formula is C15H19BrClNO2. The fraction of sp³-hybridized carbons (Fsp3) is 0.533. The van der Waals surface area contributed by atoms with Crippen LogP contribution in [0.5, 0.6) is 5.75 Å². The summed E-state index contributed by atoms with van der Waals surface area (Å²) in [5.74, 6) is 1.11. The molecule has 1 aromatic carbocycles. The maximum absolute atomic E-state index is 11.8. The van der Waals surface area contributed by atoms with Crippen LogP contribution in [0.4, 0.5) is 0 Å². The number of nitrogens with one attached hydrogen (secondary N) is 1. The molecule has 2 rings (SSSR count). The molecule has 1 fully saturated rings. The second kappa shape index (κ2) is 7.89. The summed E-state index contributed by atoms with van der Waals surface area (Å²) in [6, 6.07) is 7.00. The van der Waals surface area contributed by atoms with Crippen molar-refractivity contribution in [2.45, 2.75) is 30.5 Å². The van der Waals surface area contributed by atoms with Crippen molar-refractivity contribution in [1.82, 2.24) is 5.32 Å². The van der Waals surface area contributed by atoms with E-state index in [9.17, 15) is 4.79 Å². The van der Waals surface area contributed by atoms with Crippen LogP contribution < -0.4 is 10.1 Å². The largest absolute Gasteiger partial charge is 0.484 e. The molecule has 110 valence electrons. The number of carbonyl (C=O) groups excluding carboxylic acids is 1. The standard InChI is InChI=1S/C15H19BrClNO2/c16-14-4-2-1-3-11(14)9-18-15(19)10-20-13-7-5-12(17)6-8-13/h5-8,11,14H,1-4,9-10H2,(H,18,19). The number of hydrogen-bond acceptors (Lipinski definition) is 2. The van der Waals surface area contributed by atoms with Gasteiger partial charge in [-0.05, 0) is 43.0 Å². The quantitative estimate of drug-likeness (QED) is 0.811. The lowest BCUT2D eigenvalue weighted by Crippen LogP contribution is -2.36. The molecular weight excluding hydrogens is 342 g/mol. The Labute approximate surface area is 133 Å². The molecule has 0 saturated heterocycles. The van der Waals surface area contributed by atoms with Crippen LogP contribution >= 0.6 is 27.5 Å². The van der Waals surface area contributed by atoms with Gasteiger partial charge in [0.15, 0.2) is 6.61 Å². The monoisotopic (exact) mass is 359 g/mol. The van der Waals surface area contributed by atoms with Gasteiger partial charge in [0.1, 0.15) is 5.75 Å². The van der Waals surface area contributed by atoms with Crippen molar-refractivity contribution in [3.05, 3.63) is 29.3 Å². The van der Waals surface area contributed by atoms with Crippen LogP contribution in [0.3, 0.4) is 0 Å². The van der Waals surface area contributed by atoms with E-state index in [-0.39, 0.29) is 12.5 Å². The molecule has 1 aliphatic rings. The molecule has 1 amide bonds. The van der Waals surface area contributed by atoms with Crippen molar-refractivity contribution in [3.63, 3.8) is 0 Å². The topological polar surface area (TPSA) is 38.3 Å². The lowest BCUT2D eigenvalue weighted by molar-refractivity contribution is -0.123. The smallest absolute Gasteiger partial charge is 0.257 e. The van der Waals surface area contributed by atoms with E-state index in [0.717, 1.165) is 6.54 Å². The number of hydrogen-bond donors (Lipinski definition) is 1. The number of amides is 1. The summed E-state index contributed by atoms with van der Waals surface area (Å²) in [6.07, 6.45) is 4.90. The molecule has 0 aliphatic heterocycles. The van der Waals surface area contributed by atoms with Crippen LogP contribution in [-0.2, 0) is 4.79 Å². The van der Waals surface area contributed by atoms with Crippen LogP contribution in [0.25, 0.3) is 0 Å². The number of rotatable bonds is 5. The molecule has 0 bridgehead atoms. The van der Waals surface area contributed by atoms with Gasteiger partial charge in [-0.2, -0.15) is 0 Å². The molecule has 5 heteroatoms. The maximum atomic E-state index is 11.8. The Morgan fingerprint density at radius 1 is 1.30 bits per heavy atom. The highest BCUT2D eigenvalue weighted by molar-refractivity contribution is 9.09. The molecule has 3 nitrogen and oxygen atoms in total. The first-order valence-electron chi connectivity index (χ1n) is 6.94. The first-order valence-corrected chi connectivity index (χ1v) is 8.23. The van der Waals surface area contributed by atoms with Crippen molar-refractivity contribution in [1.29, 1.82) is 0 Å². The van der Waals surface area contributed by atoms with E-state index in [1.165, 1.54) is 25.7 Å². The SMILES string of the molecule is O=C(COc1ccc(Cl)cc1)NCC1CCCCC1Br. The van der Waals surface area contributed by atoms with Gasteiger partial charge in [-0.3, -0.25) is 4.79 Å². The average Bonchev–Trinajstić information content (AvgIpc) is 2.46. The number of halogens is 2. The van der Waals surface area contributed by atoms with Crippen molar-refractivity contribution >= 4 is 33.4 Å². The van der Waals surface area contributed by atoms with Gasteiger partial charge >= 0.3 is 0 Å². The summed E-state index contributed by atoms with van der Waals surface area (Å²) in [7, 11) is 0. The predicted molar refractivity (Wildman–Crippen MR) is 84.6 cm³/mol. The maximum Gasteiger partial charge on any atom is 0.257 e. The molecule has 0 heterocycles. The van der Waals surface area contributed by atoms with Gasteiger partial charge in [-0.25, -0.2) is 0 Å². The minimum Gasteiger partial charge on any atom is -0.484 e. The van der Waals surface area contributed by atoms with Crippen molar-refractivity contribution in [2.24, 2.45) is 5.92 Å². The van der Waals surface area contributed by atoms with E-state index in [1.54, 1.807) is 24.3 Å². The van der Waals surface area contributed by atoms with Crippen molar-refractivity contribution in [3.8, 4) is 5.75 Å². The van der Waals surface area contributed by atoms with Crippen LogP contribution in [0.1, 0.15) is 25.7 Å². The first kappa shape index (κ1) is 15.6. The molecule has 2 atom stereocenters. The molecule has 1 aliphatic carbocycles. The Hall–Kier alpha value is -0.740. The summed E-state index contributed by atoms with van der Waals surface area (Å²) < 4.78 is 5.41. The fourth-order valence-corrected chi connectivity index (χ4v) is 3.27. The van der Waals surface area contributed by atoms with Crippen LogP contribution in [0, 0.1) is 5.92 Å². The van der Waals surface area contributed by atoms with E-state index in [1.807, 2.05) is 0 Å². The molecule has 2 unspecified atom stereocenters. The predicted octanol–water partition coefficient (Wildman–Crippen LogP) is 3.79. The Kier molecular flexibility index (Phi) is 6.17. The fourth-order valence-electron chi connectivity index (χ4n) is 2.37. The normalized spacial score (nSPS) is 22.3. The highest BCUT2D eigenvalue weighted by Gasteiger charge is 2.22. The van der Waals surface area contributed by atoms with Gasteiger partial charge in [-0.1, -0.05) is 40.4 Å². The summed E-state index contributed by atoms with van der Waals surface area (Å²) in [6.45, 7) is 0.764. The van der Waals surface area contributed by atoms with Crippen LogP contribution in [0.2, 0.25) is 5.02 Å². The van der Waals surface area contributed by atoms with Crippen molar-refractivity contribution < 1.29 is 9.53 Å². The second-order valence-electron chi connectivity index (χ2n) is 5.11. The van der Waals surface area contributed by atoms with E-state index in [0.29, 0.717) is 21.5 Å². The molecule has 1 N–H and O–H groups in total. The summed E-state index contributed by atoms with van der Waals surface area (Å²) in [5, 5.41) is 3.60. The zero-order valence-electron chi connectivity index (χ0n) is 11.3. The van der Waals surface area contributed by atoms with Gasteiger partial charge in [-0.15, -0.1) is 0 Å². The third kappa shape index (κ3) is 4.98. The van der Waals surface area contributed by atoms with Gasteiger partial charge < -0.3 is 10.1 Å². The molecule has 0 aromatic heterocycles. The number of carbonyl (C=O) groups is 1.